The van der Waals surface area contributed by atoms with Crippen molar-refractivity contribution in [2.45, 2.75) is 43.9 Å². The third-order valence-electron chi connectivity index (χ3n) is 5.68. The number of amides is 1. The normalized spacial score (nSPS) is 15.2. The molecule has 3 rings (SSSR count). The van der Waals surface area contributed by atoms with Crippen LogP contribution in [0.25, 0.3) is 0 Å². The number of rotatable bonds is 9. The number of halogens is 1. The van der Waals surface area contributed by atoms with Gasteiger partial charge in [0.25, 0.3) is 10.0 Å². The number of hydrogen-bond donors (Lipinski definition) is 1. The van der Waals surface area contributed by atoms with Crippen molar-refractivity contribution in [3.05, 3.63) is 59.1 Å². The van der Waals surface area contributed by atoms with Crippen molar-refractivity contribution in [1.29, 1.82) is 0 Å². The number of sulfonamides is 1. The molecule has 1 amide bonds. The fraction of sp³-hybridized carbons (Fsp3) is 0.458. The molecule has 1 N–H and O–H groups in total. The Bertz CT molecular complexity index is 971. The van der Waals surface area contributed by atoms with Crippen molar-refractivity contribution >= 4 is 33.2 Å². The fourth-order valence-corrected chi connectivity index (χ4v) is 5.38. The van der Waals surface area contributed by atoms with Gasteiger partial charge in [0.1, 0.15) is 6.54 Å². The number of nitrogens with zero attached hydrogens (tertiary/aromatic N) is 2. The van der Waals surface area contributed by atoms with Gasteiger partial charge in [0.05, 0.1) is 10.6 Å². The lowest BCUT2D eigenvalue weighted by Gasteiger charge is -2.24. The second kappa shape index (κ2) is 11.7. The van der Waals surface area contributed by atoms with Crippen LogP contribution in [0.15, 0.2) is 53.4 Å². The second-order valence-corrected chi connectivity index (χ2v) is 10.6. The standard InChI is InChI=1S/C24H32ClN3O3S/c1-20-7-13-23(14-8-20)32(30,31)28(22-11-9-21(25)10-12-22)19-24(29)26-15-6-18-27-16-4-2-3-5-17-27/h7-14H,2-6,15-19H2,1H3,(H,26,29). The van der Waals surface area contributed by atoms with Crippen molar-refractivity contribution in [1.82, 2.24) is 10.2 Å². The molecular formula is C24H32ClN3O3S. The fourth-order valence-electron chi connectivity index (χ4n) is 3.84. The molecule has 6 nitrogen and oxygen atoms in total. The Hall–Kier alpha value is -2.09. The van der Waals surface area contributed by atoms with Crippen molar-refractivity contribution in [2.24, 2.45) is 0 Å². The minimum atomic E-state index is -3.91. The SMILES string of the molecule is Cc1ccc(S(=O)(=O)N(CC(=O)NCCCN2CCCCCC2)c2ccc(Cl)cc2)cc1. The molecule has 1 heterocycles. The Balaban J connectivity index is 1.65. The van der Waals surface area contributed by atoms with Crippen molar-refractivity contribution < 1.29 is 13.2 Å². The monoisotopic (exact) mass is 477 g/mol. The lowest BCUT2D eigenvalue weighted by atomic mass is 10.2. The third-order valence-corrected chi connectivity index (χ3v) is 7.72. The summed E-state index contributed by atoms with van der Waals surface area (Å²) < 4.78 is 27.8. The first-order valence-electron chi connectivity index (χ1n) is 11.2. The Morgan fingerprint density at radius 1 is 1.00 bits per heavy atom. The molecule has 0 radical (unpaired) electrons. The van der Waals surface area contributed by atoms with Gasteiger partial charge in [0.2, 0.25) is 5.91 Å². The smallest absolute Gasteiger partial charge is 0.264 e. The molecule has 0 bridgehead atoms. The van der Waals surface area contributed by atoms with Crippen LogP contribution in [0.2, 0.25) is 5.02 Å². The molecule has 0 unspecified atom stereocenters. The van der Waals surface area contributed by atoms with Crippen molar-refractivity contribution in [3.8, 4) is 0 Å². The largest absolute Gasteiger partial charge is 0.354 e. The van der Waals surface area contributed by atoms with Gasteiger partial charge in [-0.05, 0) is 82.2 Å². The summed E-state index contributed by atoms with van der Waals surface area (Å²) >= 11 is 5.98. The number of benzene rings is 2. The summed E-state index contributed by atoms with van der Waals surface area (Å²) in [6.45, 7) is 5.31. The number of carbonyl (C=O) groups excluding carboxylic acids is 1. The first-order valence-corrected chi connectivity index (χ1v) is 13.0. The zero-order valence-corrected chi connectivity index (χ0v) is 20.2. The number of aryl methyl sites for hydroxylation is 1. The van der Waals surface area contributed by atoms with E-state index in [2.05, 4.69) is 10.2 Å². The molecule has 1 aliphatic heterocycles. The van der Waals surface area contributed by atoms with Crippen LogP contribution in [-0.2, 0) is 14.8 Å². The summed E-state index contributed by atoms with van der Waals surface area (Å²) in [5.74, 6) is -0.327. The predicted molar refractivity (Wildman–Crippen MR) is 130 cm³/mol. The van der Waals surface area contributed by atoms with Crippen LogP contribution < -0.4 is 9.62 Å². The Morgan fingerprint density at radius 2 is 1.62 bits per heavy atom. The lowest BCUT2D eigenvalue weighted by molar-refractivity contribution is -0.119. The van der Waals surface area contributed by atoms with E-state index in [1.165, 1.54) is 25.7 Å². The van der Waals surface area contributed by atoms with E-state index in [1.807, 2.05) is 6.92 Å². The molecule has 2 aromatic carbocycles. The molecule has 32 heavy (non-hydrogen) atoms. The summed E-state index contributed by atoms with van der Waals surface area (Å²) in [6.07, 6.45) is 5.91. The van der Waals surface area contributed by atoms with Gasteiger partial charge in [0, 0.05) is 11.6 Å². The van der Waals surface area contributed by atoms with Crippen LogP contribution in [0.3, 0.4) is 0 Å². The number of nitrogens with one attached hydrogen (secondary N) is 1. The average Bonchev–Trinajstić information content (AvgIpc) is 3.05. The molecule has 0 spiro atoms. The maximum absolute atomic E-state index is 13.3. The number of likely N-dealkylation sites (tertiary alicyclic amines) is 1. The molecule has 2 aromatic rings. The van der Waals surface area contributed by atoms with Crippen LogP contribution in [0.4, 0.5) is 5.69 Å². The van der Waals surface area contributed by atoms with Crippen molar-refractivity contribution in [3.63, 3.8) is 0 Å². The molecule has 1 saturated heterocycles. The second-order valence-electron chi connectivity index (χ2n) is 8.26. The van der Waals surface area contributed by atoms with Gasteiger partial charge in [0.15, 0.2) is 0 Å². The lowest BCUT2D eigenvalue weighted by Crippen LogP contribution is -2.41. The highest BCUT2D eigenvalue weighted by molar-refractivity contribution is 7.92. The molecule has 0 aliphatic carbocycles. The summed E-state index contributed by atoms with van der Waals surface area (Å²) in [4.78, 5) is 15.3. The molecule has 0 aromatic heterocycles. The van der Waals surface area contributed by atoms with E-state index < -0.39 is 10.0 Å². The van der Waals surface area contributed by atoms with Gasteiger partial charge in [-0.1, -0.05) is 42.1 Å². The highest BCUT2D eigenvalue weighted by atomic mass is 35.5. The summed E-state index contributed by atoms with van der Waals surface area (Å²) in [5, 5.41) is 3.38. The highest BCUT2D eigenvalue weighted by Crippen LogP contribution is 2.25. The molecule has 0 atom stereocenters. The van der Waals surface area contributed by atoms with Gasteiger partial charge < -0.3 is 10.2 Å². The van der Waals surface area contributed by atoms with E-state index in [0.717, 1.165) is 35.9 Å². The zero-order chi connectivity index (χ0) is 23.0. The maximum atomic E-state index is 13.3. The van der Waals surface area contributed by atoms with E-state index in [1.54, 1.807) is 48.5 Å². The van der Waals surface area contributed by atoms with Crippen molar-refractivity contribution in [2.75, 3.05) is 37.0 Å². The predicted octanol–water partition coefficient (Wildman–Crippen LogP) is 4.23. The summed E-state index contributed by atoms with van der Waals surface area (Å²) in [6, 6.07) is 13.1. The minimum absolute atomic E-state index is 0.145. The first kappa shape index (κ1) is 24.6. The van der Waals surface area contributed by atoms with E-state index in [9.17, 15) is 13.2 Å². The Labute approximate surface area is 196 Å². The Morgan fingerprint density at radius 3 is 2.25 bits per heavy atom. The van der Waals surface area contributed by atoms with Crippen LogP contribution in [0.1, 0.15) is 37.7 Å². The van der Waals surface area contributed by atoms with Gasteiger partial charge in [-0.15, -0.1) is 0 Å². The average molecular weight is 478 g/mol. The minimum Gasteiger partial charge on any atom is -0.354 e. The van der Waals surface area contributed by atoms with Crippen LogP contribution in [-0.4, -0.2) is 51.9 Å². The summed E-state index contributed by atoms with van der Waals surface area (Å²) in [7, 11) is -3.91. The van der Waals surface area contributed by atoms with E-state index in [4.69, 9.17) is 11.6 Å². The molecule has 0 saturated carbocycles. The van der Waals surface area contributed by atoms with Crippen LogP contribution in [0.5, 0.6) is 0 Å². The third kappa shape index (κ3) is 6.95. The molecule has 174 valence electrons. The van der Waals surface area contributed by atoms with Gasteiger partial charge in [-0.3, -0.25) is 9.10 Å². The number of anilines is 1. The van der Waals surface area contributed by atoms with Gasteiger partial charge in [-0.2, -0.15) is 0 Å². The van der Waals surface area contributed by atoms with Gasteiger partial charge in [-0.25, -0.2) is 8.42 Å². The zero-order valence-electron chi connectivity index (χ0n) is 18.6. The van der Waals surface area contributed by atoms with E-state index in [0.29, 0.717) is 17.3 Å². The summed E-state index contributed by atoms with van der Waals surface area (Å²) in [5.41, 5.74) is 1.36. The molecule has 1 aliphatic rings. The van der Waals surface area contributed by atoms with Crippen LogP contribution in [0, 0.1) is 6.92 Å². The quantitative estimate of drug-likeness (QED) is 0.549. The maximum Gasteiger partial charge on any atom is 0.264 e. The Kier molecular flexibility index (Phi) is 8.96. The number of carbonyl (C=O) groups is 1. The first-order chi connectivity index (χ1) is 15.4. The van der Waals surface area contributed by atoms with E-state index in [-0.39, 0.29) is 17.3 Å². The van der Waals surface area contributed by atoms with Crippen LogP contribution >= 0.6 is 11.6 Å². The molecular weight excluding hydrogens is 446 g/mol. The van der Waals surface area contributed by atoms with E-state index >= 15 is 0 Å². The molecule has 1 fully saturated rings. The highest BCUT2D eigenvalue weighted by Gasteiger charge is 2.27. The van der Waals surface area contributed by atoms with Gasteiger partial charge >= 0.3 is 0 Å². The molecule has 8 heteroatoms. The number of hydrogen-bond acceptors (Lipinski definition) is 4. The topological polar surface area (TPSA) is 69.7 Å².